The smallest absolute Gasteiger partial charge is 0.294 e. The van der Waals surface area contributed by atoms with Crippen LogP contribution in [0.5, 0.6) is 0 Å². The first-order valence-electron chi connectivity index (χ1n) is 6.77. The average molecular weight is 259 g/mol. The molecule has 4 nitrogen and oxygen atoms in total. The zero-order chi connectivity index (χ0) is 14.0. The molecule has 0 atom stereocenters. The maximum absolute atomic E-state index is 12.3. The van der Waals surface area contributed by atoms with Crippen molar-refractivity contribution in [3.8, 4) is 5.69 Å². The summed E-state index contributed by atoms with van der Waals surface area (Å²) in [5.41, 5.74) is 9.18. The summed E-state index contributed by atoms with van der Waals surface area (Å²) in [6.07, 6.45) is 1.73. The highest BCUT2D eigenvalue weighted by molar-refractivity contribution is 5.46. The maximum Gasteiger partial charge on any atom is 0.294 e. The number of aryl methyl sites for hydroxylation is 1. The van der Waals surface area contributed by atoms with Gasteiger partial charge in [-0.2, -0.15) is 0 Å². The van der Waals surface area contributed by atoms with Crippen LogP contribution in [0.25, 0.3) is 5.69 Å². The monoisotopic (exact) mass is 259 g/mol. The largest absolute Gasteiger partial charge is 0.393 e. The fourth-order valence-electron chi connectivity index (χ4n) is 2.37. The maximum atomic E-state index is 12.3. The fraction of sp³-hybridized carbons (Fsp3) is 0.400. The van der Waals surface area contributed by atoms with Crippen LogP contribution < -0.4 is 11.3 Å². The van der Waals surface area contributed by atoms with E-state index in [-0.39, 0.29) is 5.56 Å². The number of hydrogen-bond donors (Lipinski definition) is 1. The van der Waals surface area contributed by atoms with Crippen molar-refractivity contribution < 1.29 is 0 Å². The van der Waals surface area contributed by atoms with Crippen LogP contribution in [0.2, 0.25) is 0 Å². The third-order valence-electron chi connectivity index (χ3n) is 3.34. The van der Waals surface area contributed by atoms with E-state index in [0.29, 0.717) is 5.69 Å². The lowest BCUT2D eigenvalue weighted by Crippen LogP contribution is -2.22. The highest BCUT2D eigenvalue weighted by Crippen LogP contribution is 2.15. The van der Waals surface area contributed by atoms with Gasteiger partial charge in [-0.3, -0.25) is 9.48 Å². The van der Waals surface area contributed by atoms with Crippen LogP contribution in [0.4, 0.5) is 5.69 Å². The summed E-state index contributed by atoms with van der Waals surface area (Å²) in [5, 5.41) is 0. The molecular weight excluding hydrogens is 238 g/mol. The second kappa shape index (κ2) is 5.34. The van der Waals surface area contributed by atoms with Crippen LogP contribution >= 0.6 is 0 Å². The van der Waals surface area contributed by atoms with E-state index in [0.717, 1.165) is 30.8 Å². The molecule has 0 unspecified atom stereocenters. The molecular formula is C15H21N3O. The van der Waals surface area contributed by atoms with Gasteiger partial charge in [0.05, 0.1) is 11.4 Å². The Labute approximate surface area is 113 Å². The molecule has 4 heteroatoms. The third kappa shape index (κ3) is 2.30. The predicted octanol–water partition coefficient (Wildman–Crippen LogP) is 2.50. The molecule has 0 saturated carbocycles. The van der Waals surface area contributed by atoms with Gasteiger partial charge in [0.15, 0.2) is 0 Å². The van der Waals surface area contributed by atoms with E-state index in [1.54, 1.807) is 4.68 Å². The summed E-state index contributed by atoms with van der Waals surface area (Å²) in [6.45, 7) is 6.95. The number of rotatable bonds is 4. The minimum Gasteiger partial charge on any atom is -0.393 e. The number of benzene rings is 1. The minimum absolute atomic E-state index is 0.117. The fourth-order valence-corrected chi connectivity index (χ4v) is 2.37. The van der Waals surface area contributed by atoms with E-state index in [1.165, 1.54) is 5.56 Å². The first-order chi connectivity index (χ1) is 9.10. The number of nitrogens with two attached hydrogens (primary N) is 1. The standard InChI is InChI=1S/C15H21N3O/c1-4-10-17-13(5-2)14(16)15(19)18(17)12-8-6-11(3)7-9-12/h6-9H,4-5,10,16H2,1-3H3. The van der Waals surface area contributed by atoms with Crippen molar-refractivity contribution in [3.05, 3.63) is 45.9 Å². The van der Waals surface area contributed by atoms with Gasteiger partial charge in [-0.1, -0.05) is 31.5 Å². The molecule has 0 bridgehead atoms. The van der Waals surface area contributed by atoms with Gasteiger partial charge in [0.2, 0.25) is 0 Å². The van der Waals surface area contributed by atoms with Crippen LogP contribution in [-0.4, -0.2) is 9.36 Å². The van der Waals surface area contributed by atoms with Gasteiger partial charge in [-0.05, 0) is 31.9 Å². The van der Waals surface area contributed by atoms with E-state index in [9.17, 15) is 4.79 Å². The Morgan fingerprint density at radius 2 is 1.79 bits per heavy atom. The molecule has 2 rings (SSSR count). The van der Waals surface area contributed by atoms with Crippen LogP contribution in [0.1, 0.15) is 31.5 Å². The van der Waals surface area contributed by atoms with E-state index in [4.69, 9.17) is 5.73 Å². The lowest BCUT2D eigenvalue weighted by molar-refractivity contribution is 0.516. The molecule has 1 aromatic heterocycles. The summed E-state index contributed by atoms with van der Waals surface area (Å²) in [5.74, 6) is 0. The van der Waals surface area contributed by atoms with Crippen LogP contribution in [-0.2, 0) is 13.0 Å². The summed E-state index contributed by atoms with van der Waals surface area (Å²) in [4.78, 5) is 12.3. The van der Waals surface area contributed by atoms with Crippen molar-refractivity contribution in [2.45, 2.75) is 40.2 Å². The van der Waals surface area contributed by atoms with E-state index in [1.807, 2.05) is 42.8 Å². The molecule has 0 aliphatic heterocycles. The Morgan fingerprint density at radius 1 is 1.16 bits per heavy atom. The predicted molar refractivity (Wildman–Crippen MR) is 78.8 cm³/mol. The molecule has 2 N–H and O–H groups in total. The molecule has 0 aliphatic carbocycles. The van der Waals surface area contributed by atoms with Crippen molar-refractivity contribution >= 4 is 5.69 Å². The molecule has 0 fully saturated rings. The quantitative estimate of drug-likeness (QED) is 0.917. The first-order valence-corrected chi connectivity index (χ1v) is 6.77. The minimum atomic E-state index is -0.117. The molecule has 0 radical (unpaired) electrons. The molecule has 0 amide bonds. The molecule has 0 saturated heterocycles. The van der Waals surface area contributed by atoms with Crippen molar-refractivity contribution in [1.29, 1.82) is 0 Å². The van der Waals surface area contributed by atoms with Gasteiger partial charge < -0.3 is 5.73 Å². The molecule has 19 heavy (non-hydrogen) atoms. The summed E-state index contributed by atoms with van der Waals surface area (Å²) >= 11 is 0. The Kier molecular flexibility index (Phi) is 3.79. The van der Waals surface area contributed by atoms with Gasteiger partial charge in [-0.25, -0.2) is 4.68 Å². The lowest BCUT2D eigenvalue weighted by Gasteiger charge is -2.13. The number of anilines is 1. The highest BCUT2D eigenvalue weighted by Gasteiger charge is 2.16. The molecule has 1 aromatic carbocycles. The Morgan fingerprint density at radius 3 is 2.32 bits per heavy atom. The van der Waals surface area contributed by atoms with Gasteiger partial charge in [0, 0.05) is 6.54 Å². The van der Waals surface area contributed by atoms with Gasteiger partial charge in [0.25, 0.3) is 5.56 Å². The summed E-state index contributed by atoms with van der Waals surface area (Å²) in [7, 11) is 0. The molecule has 0 spiro atoms. The second-order valence-electron chi connectivity index (χ2n) is 4.79. The molecule has 0 aliphatic rings. The van der Waals surface area contributed by atoms with Crippen molar-refractivity contribution in [2.75, 3.05) is 5.73 Å². The third-order valence-corrected chi connectivity index (χ3v) is 3.34. The summed E-state index contributed by atoms with van der Waals surface area (Å²) in [6, 6.07) is 7.93. The van der Waals surface area contributed by atoms with E-state index in [2.05, 4.69) is 6.92 Å². The van der Waals surface area contributed by atoms with Crippen molar-refractivity contribution in [1.82, 2.24) is 9.36 Å². The number of nitrogen functional groups attached to an aromatic ring is 1. The van der Waals surface area contributed by atoms with Gasteiger partial charge in [0.1, 0.15) is 5.69 Å². The Hall–Kier alpha value is -1.97. The number of aromatic nitrogens is 2. The van der Waals surface area contributed by atoms with Crippen LogP contribution in [0.3, 0.4) is 0 Å². The zero-order valence-corrected chi connectivity index (χ0v) is 11.8. The molecule has 102 valence electrons. The normalized spacial score (nSPS) is 10.9. The SMILES string of the molecule is CCCn1c(CC)c(N)c(=O)n1-c1ccc(C)cc1. The Bertz CT molecular complexity index is 620. The molecule has 2 aromatic rings. The zero-order valence-electron chi connectivity index (χ0n) is 11.8. The average Bonchev–Trinajstić information content (AvgIpc) is 2.63. The second-order valence-corrected chi connectivity index (χ2v) is 4.79. The topological polar surface area (TPSA) is 52.9 Å². The number of hydrogen-bond acceptors (Lipinski definition) is 2. The van der Waals surface area contributed by atoms with Crippen molar-refractivity contribution in [2.24, 2.45) is 0 Å². The molecule has 1 heterocycles. The van der Waals surface area contributed by atoms with Crippen LogP contribution in [0.15, 0.2) is 29.1 Å². The van der Waals surface area contributed by atoms with Gasteiger partial charge >= 0.3 is 0 Å². The van der Waals surface area contributed by atoms with Crippen LogP contribution in [0, 0.1) is 6.92 Å². The highest BCUT2D eigenvalue weighted by atomic mass is 16.1. The van der Waals surface area contributed by atoms with Gasteiger partial charge in [-0.15, -0.1) is 0 Å². The van der Waals surface area contributed by atoms with E-state index >= 15 is 0 Å². The van der Waals surface area contributed by atoms with E-state index < -0.39 is 0 Å². The summed E-state index contributed by atoms with van der Waals surface area (Å²) < 4.78 is 3.69. The first kappa shape index (κ1) is 13.5. The Balaban J connectivity index is 2.68. The van der Waals surface area contributed by atoms with Crippen molar-refractivity contribution in [3.63, 3.8) is 0 Å². The number of nitrogens with zero attached hydrogens (tertiary/aromatic N) is 2. The lowest BCUT2D eigenvalue weighted by atomic mass is 10.2.